The van der Waals surface area contributed by atoms with E-state index >= 15 is 0 Å². The summed E-state index contributed by atoms with van der Waals surface area (Å²) in [6, 6.07) is 7.93. The molecule has 0 radical (unpaired) electrons. The normalized spacial score (nSPS) is 8.83. The zero-order valence-electron chi connectivity index (χ0n) is 7.12. The van der Waals surface area contributed by atoms with Crippen LogP contribution in [-0.4, -0.2) is 13.7 Å². The molecule has 0 fully saturated rings. The van der Waals surface area contributed by atoms with E-state index < -0.39 is 0 Å². The van der Waals surface area contributed by atoms with E-state index in [0.29, 0.717) is 6.54 Å². The van der Waals surface area contributed by atoms with Crippen molar-refractivity contribution < 1.29 is 4.74 Å². The smallest absolute Gasteiger partial charge is 0.122 e. The van der Waals surface area contributed by atoms with Gasteiger partial charge in [-0.1, -0.05) is 18.2 Å². The Kier molecular flexibility index (Phi) is 6.10. The first-order valence-electron chi connectivity index (χ1n) is 3.70. The molecule has 1 aromatic carbocycles. The molecule has 0 amide bonds. The molecule has 68 valence electrons. The first-order valence-corrected chi connectivity index (χ1v) is 3.70. The fourth-order valence-electron chi connectivity index (χ4n) is 1.07. The van der Waals surface area contributed by atoms with E-state index in [1.807, 2.05) is 24.3 Å². The average molecular weight is 279 g/mol. The summed E-state index contributed by atoms with van der Waals surface area (Å²) in [7, 11) is 1.68. The molecule has 0 bridgehead atoms. The molecule has 2 N–H and O–H groups in total. The number of para-hydroxylation sites is 1. The Labute approximate surface area is 90.1 Å². The van der Waals surface area contributed by atoms with Gasteiger partial charge in [0.05, 0.1) is 7.11 Å². The molecule has 0 atom stereocenters. The van der Waals surface area contributed by atoms with Crippen LogP contribution in [0.4, 0.5) is 0 Å². The lowest BCUT2D eigenvalue weighted by Gasteiger charge is -2.05. The van der Waals surface area contributed by atoms with Crippen LogP contribution in [0.2, 0.25) is 0 Å². The van der Waals surface area contributed by atoms with Gasteiger partial charge in [-0.3, -0.25) is 0 Å². The standard InChI is InChI=1S/C9H13NO.HI/c1-11-9-5-3-2-4-8(9)6-7-10;/h2-5H,6-7,10H2,1H3;1H. The van der Waals surface area contributed by atoms with Gasteiger partial charge in [-0.25, -0.2) is 0 Å². The summed E-state index contributed by atoms with van der Waals surface area (Å²) in [5.41, 5.74) is 6.61. The van der Waals surface area contributed by atoms with Gasteiger partial charge in [0, 0.05) is 0 Å². The summed E-state index contributed by atoms with van der Waals surface area (Å²) in [5, 5.41) is 0. The van der Waals surface area contributed by atoms with Crippen molar-refractivity contribution in [1.29, 1.82) is 0 Å². The van der Waals surface area contributed by atoms with Gasteiger partial charge in [-0.15, -0.1) is 24.0 Å². The minimum atomic E-state index is 0. The third-order valence-electron chi connectivity index (χ3n) is 1.61. The van der Waals surface area contributed by atoms with Gasteiger partial charge in [0.25, 0.3) is 0 Å². The van der Waals surface area contributed by atoms with Crippen LogP contribution in [0.3, 0.4) is 0 Å². The zero-order chi connectivity index (χ0) is 8.10. The number of nitrogens with two attached hydrogens (primary N) is 1. The summed E-state index contributed by atoms with van der Waals surface area (Å²) in [5.74, 6) is 0.929. The Bertz CT molecular complexity index is 228. The van der Waals surface area contributed by atoms with Crippen molar-refractivity contribution in [3.8, 4) is 5.75 Å². The van der Waals surface area contributed by atoms with E-state index in [1.165, 1.54) is 5.56 Å². The molecule has 0 saturated heterocycles. The maximum Gasteiger partial charge on any atom is 0.122 e. The predicted molar refractivity (Wildman–Crippen MR) is 61.2 cm³/mol. The van der Waals surface area contributed by atoms with Gasteiger partial charge < -0.3 is 10.5 Å². The quantitative estimate of drug-likeness (QED) is 0.856. The molecule has 0 aromatic heterocycles. The van der Waals surface area contributed by atoms with Crippen LogP contribution < -0.4 is 10.5 Å². The van der Waals surface area contributed by atoms with E-state index in [2.05, 4.69) is 0 Å². The second kappa shape index (κ2) is 6.25. The minimum absolute atomic E-state index is 0. The highest BCUT2D eigenvalue weighted by atomic mass is 127. The molecular formula is C9H14INO. The highest BCUT2D eigenvalue weighted by Crippen LogP contribution is 2.16. The SMILES string of the molecule is COc1ccccc1CCN.I. The molecule has 0 aliphatic heterocycles. The van der Waals surface area contributed by atoms with Crippen LogP contribution >= 0.6 is 24.0 Å². The van der Waals surface area contributed by atoms with Gasteiger partial charge in [0.2, 0.25) is 0 Å². The predicted octanol–water partition coefficient (Wildman–Crippen LogP) is 1.81. The van der Waals surface area contributed by atoms with Crippen LogP contribution in [0, 0.1) is 0 Å². The Morgan fingerprint density at radius 3 is 2.58 bits per heavy atom. The summed E-state index contributed by atoms with van der Waals surface area (Å²) >= 11 is 0. The first-order chi connectivity index (χ1) is 5.38. The third-order valence-corrected chi connectivity index (χ3v) is 1.61. The minimum Gasteiger partial charge on any atom is -0.496 e. The van der Waals surface area contributed by atoms with E-state index in [-0.39, 0.29) is 24.0 Å². The highest BCUT2D eigenvalue weighted by Gasteiger charge is 1.97. The maximum absolute atomic E-state index is 5.43. The molecule has 0 saturated carbocycles. The summed E-state index contributed by atoms with van der Waals surface area (Å²) in [6.07, 6.45) is 0.879. The molecular weight excluding hydrogens is 265 g/mol. The van der Waals surface area contributed by atoms with Gasteiger partial charge in [-0.2, -0.15) is 0 Å². The molecule has 1 rings (SSSR count). The molecule has 12 heavy (non-hydrogen) atoms. The van der Waals surface area contributed by atoms with E-state index in [1.54, 1.807) is 7.11 Å². The fourth-order valence-corrected chi connectivity index (χ4v) is 1.07. The molecule has 0 unspecified atom stereocenters. The number of methoxy groups -OCH3 is 1. The van der Waals surface area contributed by atoms with Crippen molar-refractivity contribution in [1.82, 2.24) is 0 Å². The zero-order valence-corrected chi connectivity index (χ0v) is 9.45. The van der Waals surface area contributed by atoms with Crippen LogP contribution in [-0.2, 0) is 6.42 Å². The van der Waals surface area contributed by atoms with Crippen molar-refractivity contribution in [3.05, 3.63) is 29.8 Å². The summed E-state index contributed by atoms with van der Waals surface area (Å²) in [6.45, 7) is 0.667. The van der Waals surface area contributed by atoms with Gasteiger partial charge in [0.15, 0.2) is 0 Å². The number of halogens is 1. The van der Waals surface area contributed by atoms with Crippen LogP contribution in [0.1, 0.15) is 5.56 Å². The van der Waals surface area contributed by atoms with Crippen molar-refractivity contribution in [3.63, 3.8) is 0 Å². The van der Waals surface area contributed by atoms with Crippen LogP contribution in [0.15, 0.2) is 24.3 Å². The maximum atomic E-state index is 5.43. The second-order valence-electron chi connectivity index (χ2n) is 2.35. The average Bonchev–Trinajstić information content (AvgIpc) is 2.06. The van der Waals surface area contributed by atoms with Gasteiger partial charge in [-0.05, 0) is 24.6 Å². The van der Waals surface area contributed by atoms with E-state index in [0.717, 1.165) is 12.2 Å². The number of rotatable bonds is 3. The highest BCUT2D eigenvalue weighted by molar-refractivity contribution is 14.0. The lowest BCUT2D eigenvalue weighted by Crippen LogP contribution is -2.03. The monoisotopic (exact) mass is 279 g/mol. The van der Waals surface area contributed by atoms with Crippen molar-refractivity contribution >= 4 is 24.0 Å². The van der Waals surface area contributed by atoms with Gasteiger partial charge in [0.1, 0.15) is 5.75 Å². The fraction of sp³-hybridized carbons (Fsp3) is 0.333. The van der Waals surface area contributed by atoms with Gasteiger partial charge >= 0.3 is 0 Å². The molecule has 0 spiro atoms. The largest absolute Gasteiger partial charge is 0.496 e. The number of hydrogen-bond acceptors (Lipinski definition) is 2. The molecule has 1 aromatic rings. The van der Waals surface area contributed by atoms with Crippen molar-refractivity contribution in [2.45, 2.75) is 6.42 Å². The topological polar surface area (TPSA) is 35.2 Å². The number of benzene rings is 1. The Balaban J connectivity index is 0.00000121. The van der Waals surface area contributed by atoms with Crippen molar-refractivity contribution in [2.75, 3.05) is 13.7 Å². The summed E-state index contributed by atoms with van der Waals surface area (Å²) < 4.78 is 5.14. The lowest BCUT2D eigenvalue weighted by atomic mass is 10.1. The van der Waals surface area contributed by atoms with Crippen molar-refractivity contribution in [2.24, 2.45) is 5.73 Å². The lowest BCUT2D eigenvalue weighted by molar-refractivity contribution is 0.410. The Morgan fingerprint density at radius 2 is 2.00 bits per heavy atom. The van der Waals surface area contributed by atoms with E-state index in [4.69, 9.17) is 10.5 Å². The third kappa shape index (κ3) is 2.98. The first kappa shape index (κ1) is 11.7. The second-order valence-corrected chi connectivity index (χ2v) is 2.35. The summed E-state index contributed by atoms with van der Waals surface area (Å²) in [4.78, 5) is 0. The van der Waals surface area contributed by atoms with Crippen LogP contribution in [0.5, 0.6) is 5.75 Å². The Hall–Kier alpha value is -0.290. The molecule has 0 heterocycles. The molecule has 3 heteroatoms. The molecule has 2 nitrogen and oxygen atoms in total. The Morgan fingerprint density at radius 1 is 1.33 bits per heavy atom. The molecule has 0 aliphatic carbocycles. The van der Waals surface area contributed by atoms with E-state index in [9.17, 15) is 0 Å². The number of hydrogen-bond donors (Lipinski definition) is 1. The molecule has 0 aliphatic rings. The van der Waals surface area contributed by atoms with Crippen LogP contribution in [0.25, 0.3) is 0 Å². The number of ether oxygens (including phenoxy) is 1.